The van der Waals surface area contributed by atoms with E-state index in [9.17, 15) is 5.11 Å². The average molecular weight is 308 g/mol. The molecule has 3 nitrogen and oxygen atoms in total. The van der Waals surface area contributed by atoms with Crippen molar-refractivity contribution in [3.63, 3.8) is 0 Å². The molecule has 0 saturated heterocycles. The number of hydrogen-bond donors (Lipinski definition) is 2. The number of aromatic amines is 1. The molecule has 2 atom stereocenters. The Morgan fingerprint density at radius 3 is 2.59 bits per heavy atom. The summed E-state index contributed by atoms with van der Waals surface area (Å²) in [5.41, 5.74) is 2.14. The topological polar surface area (TPSA) is 48.9 Å². The van der Waals surface area contributed by atoms with Gasteiger partial charge in [-0.15, -0.1) is 11.8 Å². The molecule has 0 spiro atoms. The fraction of sp³-hybridized carbons (Fsp3) is 0.167. The third-order valence-electron chi connectivity index (χ3n) is 3.91. The predicted octanol–water partition coefficient (Wildman–Crippen LogP) is 4.14. The van der Waals surface area contributed by atoms with Crippen LogP contribution >= 0.6 is 11.8 Å². The molecule has 0 bridgehead atoms. The molecule has 0 fully saturated rings. The second kappa shape index (κ2) is 5.00. The van der Waals surface area contributed by atoms with E-state index in [1.165, 1.54) is 0 Å². The third kappa shape index (κ3) is 2.25. The Hall–Kier alpha value is -2.04. The van der Waals surface area contributed by atoms with Gasteiger partial charge in [0, 0.05) is 4.91 Å². The second-order valence-electron chi connectivity index (χ2n) is 5.74. The molecule has 2 aromatic carbocycles. The van der Waals surface area contributed by atoms with Crippen LogP contribution in [0.5, 0.6) is 0 Å². The van der Waals surface area contributed by atoms with Crippen molar-refractivity contribution in [3.8, 4) is 0 Å². The zero-order valence-corrected chi connectivity index (χ0v) is 13.0. The molecule has 110 valence electrons. The van der Waals surface area contributed by atoms with E-state index in [1.54, 1.807) is 11.8 Å². The van der Waals surface area contributed by atoms with Crippen LogP contribution in [0.2, 0.25) is 0 Å². The number of imidazole rings is 1. The van der Waals surface area contributed by atoms with Gasteiger partial charge in [-0.2, -0.15) is 0 Å². The van der Waals surface area contributed by atoms with Crippen molar-refractivity contribution in [1.82, 2.24) is 9.97 Å². The lowest BCUT2D eigenvalue weighted by Gasteiger charge is -2.21. The van der Waals surface area contributed by atoms with E-state index < -0.39 is 5.60 Å². The van der Waals surface area contributed by atoms with Gasteiger partial charge in [-0.25, -0.2) is 4.98 Å². The van der Waals surface area contributed by atoms with E-state index in [2.05, 4.69) is 22.1 Å². The van der Waals surface area contributed by atoms with E-state index in [0.717, 1.165) is 27.3 Å². The predicted molar refractivity (Wildman–Crippen MR) is 91.5 cm³/mol. The number of nitrogens with one attached hydrogen (secondary N) is 1. The lowest BCUT2D eigenvalue weighted by Crippen LogP contribution is -2.25. The van der Waals surface area contributed by atoms with Gasteiger partial charge in [-0.05, 0) is 30.7 Å². The summed E-state index contributed by atoms with van der Waals surface area (Å²) in [6, 6.07) is 18.1. The van der Waals surface area contributed by atoms with Gasteiger partial charge in [0.1, 0.15) is 11.4 Å². The Kier molecular flexibility index (Phi) is 3.10. The summed E-state index contributed by atoms with van der Waals surface area (Å²) in [6.07, 6.45) is 1.94. The first-order valence-electron chi connectivity index (χ1n) is 7.25. The molecule has 0 saturated carbocycles. The third-order valence-corrected chi connectivity index (χ3v) is 5.46. The number of rotatable bonds is 2. The Morgan fingerprint density at radius 1 is 1.09 bits per heavy atom. The number of aliphatic hydroxyl groups is 1. The molecule has 0 radical (unpaired) electrons. The highest BCUT2D eigenvalue weighted by atomic mass is 32.2. The number of aromatic nitrogens is 2. The van der Waals surface area contributed by atoms with Crippen molar-refractivity contribution in [1.29, 1.82) is 0 Å². The fourth-order valence-electron chi connectivity index (χ4n) is 2.80. The number of nitrogens with zero attached hydrogens (tertiary/aromatic N) is 1. The molecule has 4 heteroatoms. The van der Waals surface area contributed by atoms with Crippen molar-refractivity contribution < 1.29 is 5.11 Å². The summed E-state index contributed by atoms with van der Waals surface area (Å²) in [7, 11) is 0. The van der Waals surface area contributed by atoms with E-state index in [0.29, 0.717) is 0 Å². The van der Waals surface area contributed by atoms with E-state index in [4.69, 9.17) is 0 Å². The molecule has 22 heavy (non-hydrogen) atoms. The van der Waals surface area contributed by atoms with Crippen LogP contribution in [-0.2, 0) is 0 Å². The highest BCUT2D eigenvalue weighted by Gasteiger charge is 2.40. The summed E-state index contributed by atoms with van der Waals surface area (Å²) in [4.78, 5) is 9.08. The normalized spacial score (nSPS) is 24.6. The molecule has 1 aliphatic rings. The number of para-hydroxylation sites is 2. The van der Waals surface area contributed by atoms with Gasteiger partial charge in [0.25, 0.3) is 0 Å². The van der Waals surface area contributed by atoms with Crippen molar-refractivity contribution >= 4 is 27.7 Å². The smallest absolute Gasteiger partial charge is 0.124 e. The highest BCUT2D eigenvalue weighted by molar-refractivity contribution is 8.08. The summed E-state index contributed by atoms with van der Waals surface area (Å²) in [5, 5.41) is 10.7. The van der Waals surface area contributed by atoms with Crippen LogP contribution in [0, 0.1) is 0 Å². The van der Waals surface area contributed by atoms with Crippen LogP contribution in [0.4, 0.5) is 0 Å². The molecule has 0 amide bonds. The maximum Gasteiger partial charge on any atom is 0.124 e. The standard InChI is InChI=1S/C18H16N2OS/c1-18(21)11-15(12-7-3-2-4-8-12)22-16(18)17-19-13-9-5-6-10-14(13)20-17/h2-11,16,21H,1H3,(H,19,20)/t16-,18+/m0/s1. The minimum Gasteiger partial charge on any atom is -0.384 e. The van der Waals surface area contributed by atoms with Gasteiger partial charge < -0.3 is 10.1 Å². The first kappa shape index (κ1) is 13.6. The molecule has 2 N–H and O–H groups in total. The van der Waals surface area contributed by atoms with Crippen LogP contribution in [0.1, 0.15) is 23.6 Å². The van der Waals surface area contributed by atoms with Crippen LogP contribution in [0.25, 0.3) is 15.9 Å². The van der Waals surface area contributed by atoms with Gasteiger partial charge in [0.05, 0.1) is 16.3 Å². The number of hydrogen-bond acceptors (Lipinski definition) is 3. The van der Waals surface area contributed by atoms with Crippen LogP contribution < -0.4 is 0 Å². The van der Waals surface area contributed by atoms with Gasteiger partial charge >= 0.3 is 0 Å². The van der Waals surface area contributed by atoms with Crippen molar-refractivity contribution in [2.75, 3.05) is 0 Å². The lowest BCUT2D eigenvalue weighted by atomic mass is 10.00. The fourth-order valence-corrected chi connectivity index (χ4v) is 4.17. The molecule has 4 rings (SSSR count). The van der Waals surface area contributed by atoms with Crippen molar-refractivity contribution in [2.45, 2.75) is 17.8 Å². The van der Waals surface area contributed by atoms with Crippen molar-refractivity contribution in [2.24, 2.45) is 0 Å². The Balaban J connectivity index is 1.72. The molecule has 1 aliphatic heterocycles. The Morgan fingerprint density at radius 2 is 1.82 bits per heavy atom. The van der Waals surface area contributed by atoms with Crippen LogP contribution in [-0.4, -0.2) is 20.7 Å². The average Bonchev–Trinajstić information content (AvgIpc) is 3.08. The number of fused-ring (bicyclic) bond motifs is 1. The molecule has 0 unspecified atom stereocenters. The van der Waals surface area contributed by atoms with Crippen LogP contribution in [0.15, 0.2) is 60.7 Å². The molecule has 1 aromatic heterocycles. The van der Waals surface area contributed by atoms with Gasteiger partial charge in [-0.1, -0.05) is 42.5 Å². The minimum absolute atomic E-state index is 0.130. The zero-order valence-electron chi connectivity index (χ0n) is 12.2. The second-order valence-corrected chi connectivity index (χ2v) is 6.88. The van der Waals surface area contributed by atoms with Gasteiger partial charge in [-0.3, -0.25) is 0 Å². The highest BCUT2D eigenvalue weighted by Crippen LogP contribution is 2.52. The molecule has 2 heterocycles. The van der Waals surface area contributed by atoms with Crippen LogP contribution in [0.3, 0.4) is 0 Å². The monoisotopic (exact) mass is 308 g/mol. The molecular formula is C18H16N2OS. The SMILES string of the molecule is C[C@@]1(O)C=C(c2ccccc2)S[C@H]1c1nc2ccccc2[nH]1. The van der Waals surface area contributed by atoms with Gasteiger partial charge in [0.2, 0.25) is 0 Å². The number of H-pyrrole nitrogens is 1. The Bertz CT molecular complexity index is 819. The lowest BCUT2D eigenvalue weighted by molar-refractivity contribution is 0.110. The minimum atomic E-state index is -0.927. The van der Waals surface area contributed by atoms with E-state index in [-0.39, 0.29) is 5.25 Å². The number of benzene rings is 2. The van der Waals surface area contributed by atoms with Gasteiger partial charge in [0.15, 0.2) is 0 Å². The summed E-state index contributed by atoms with van der Waals surface area (Å²) >= 11 is 1.66. The Labute approximate surface area is 133 Å². The van der Waals surface area contributed by atoms with Crippen molar-refractivity contribution in [3.05, 3.63) is 72.1 Å². The number of thioether (sulfide) groups is 1. The first-order chi connectivity index (χ1) is 10.6. The summed E-state index contributed by atoms with van der Waals surface area (Å²) < 4.78 is 0. The largest absolute Gasteiger partial charge is 0.384 e. The molecule has 3 aromatic rings. The molecular weight excluding hydrogens is 292 g/mol. The summed E-state index contributed by atoms with van der Waals surface area (Å²) in [6.45, 7) is 1.84. The molecule has 0 aliphatic carbocycles. The first-order valence-corrected chi connectivity index (χ1v) is 8.13. The summed E-state index contributed by atoms with van der Waals surface area (Å²) in [5.74, 6) is 0.818. The zero-order chi connectivity index (χ0) is 15.2. The maximum atomic E-state index is 10.8. The van der Waals surface area contributed by atoms with E-state index in [1.807, 2.05) is 55.5 Å². The van der Waals surface area contributed by atoms with E-state index >= 15 is 0 Å². The quantitative estimate of drug-likeness (QED) is 0.748. The maximum absolute atomic E-state index is 10.8.